The molecule has 0 aromatic carbocycles. The van der Waals surface area contributed by atoms with Gasteiger partial charge in [0.25, 0.3) is 0 Å². The van der Waals surface area contributed by atoms with Crippen molar-refractivity contribution in [3.05, 3.63) is 0 Å². The second kappa shape index (κ2) is 8.16. The molecule has 4 amide bonds. The largest absolute Gasteiger partial charge is 0.323 e. The first-order valence-corrected chi connectivity index (χ1v) is 9.73. The molecule has 2 saturated heterocycles. The van der Waals surface area contributed by atoms with Crippen molar-refractivity contribution in [2.24, 2.45) is 0 Å². The van der Waals surface area contributed by atoms with Gasteiger partial charge < -0.3 is 0 Å². The van der Waals surface area contributed by atoms with Gasteiger partial charge in [0.2, 0.25) is 0 Å². The average Bonchev–Trinajstić information content (AvgIpc) is 2.90. The van der Waals surface area contributed by atoms with Crippen LogP contribution in [0.4, 0.5) is 9.59 Å². The van der Waals surface area contributed by atoms with Gasteiger partial charge in [0.05, 0.1) is 0 Å². The number of urea groups is 2. The lowest BCUT2D eigenvalue weighted by atomic mass is 10.3. The predicted molar refractivity (Wildman–Crippen MR) is 101 cm³/mol. The predicted octanol–water partition coefficient (Wildman–Crippen LogP) is 0.833. The van der Waals surface area contributed by atoms with Crippen molar-refractivity contribution in [1.82, 2.24) is 19.6 Å². The molecule has 0 radical (unpaired) electrons. The number of carbonyl (C=O) groups is 2. The maximum atomic E-state index is 12.7. The van der Waals surface area contributed by atoms with Gasteiger partial charge in [-0.15, -0.1) is 0 Å². The summed E-state index contributed by atoms with van der Waals surface area (Å²) in [6.07, 6.45) is -0.557. The number of fused-ring (bicyclic) bond motifs is 1. The Morgan fingerprint density at radius 2 is 0.818 bits per heavy atom. The minimum atomic E-state index is -0.279. The van der Waals surface area contributed by atoms with E-state index in [1.165, 1.54) is 0 Å². The molecule has 0 unspecified atom stereocenters. The summed E-state index contributed by atoms with van der Waals surface area (Å²) < 4.78 is 0. The Morgan fingerprint density at radius 1 is 0.591 bits per heavy atom. The highest BCUT2D eigenvalue weighted by atomic mass is 32.1. The van der Waals surface area contributed by atoms with Gasteiger partial charge in [-0.05, 0) is 0 Å². The van der Waals surface area contributed by atoms with Crippen molar-refractivity contribution in [3.63, 3.8) is 0 Å². The summed E-state index contributed by atoms with van der Waals surface area (Å²) in [7, 11) is 0. The smallest absolute Gasteiger partial charge is 0.299 e. The van der Waals surface area contributed by atoms with E-state index in [-0.39, 0.29) is 24.4 Å². The number of hydrogen-bond donors (Lipinski definition) is 4. The van der Waals surface area contributed by atoms with Crippen LogP contribution in [-0.2, 0) is 0 Å². The van der Waals surface area contributed by atoms with E-state index in [0.29, 0.717) is 49.2 Å². The standard InChI is InChI=1S/C12H22N4O2S4/c17-11-13(1-5-19)9-10(15(11)3-7-21)16(4-8-22)12(18)14(9)2-6-20/h9-10,19-22H,1-8H2. The van der Waals surface area contributed by atoms with Crippen LogP contribution in [0.1, 0.15) is 0 Å². The monoisotopic (exact) mass is 382 g/mol. The molecule has 0 saturated carbocycles. The normalized spacial score (nSPS) is 24.7. The van der Waals surface area contributed by atoms with Crippen molar-refractivity contribution in [2.45, 2.75) is 12.3 Å². The summed E-state index contributed by atoms with van der Waals surface area (Å²) in [6.45, 7) is 2.04. The minimum Gasteiger partial charge on any atom is -0.299 e. The SMILES string of the molecule is O=C1N(CCS)C2C(N1CCS)N(CCS)C(=O)N2CCS. The van der Waals surface area contributed by atoms with E-state index in [4.69, 9.17) is 0 Å². The van der Waals surface area contributed by atoms with Crippen molar-refractivity contribution in [2.75, 3.05) is 49.2 Å². The molecule has 0 bridgehead atoms. The summed E-state index contributed by atoms with van der Waals surface area (Å²) in [4.78, 5) is 32.3. The van der Waals surface area contributed by atoms with E-state index >= 15 is 0 Å². The Hall–Kier alpha value is -0.0600. The zero-order valence-electron chi connectivity index (χ0n) is 12.2. The third kappa shape index (κ3) is 3.11. The van der Waals surface area contributed by atoms with Crippen LogP contribution >= 0.6 is 50.5 Å². The molecular formula is C12H22N4O2S4. The van der Waals surface area contributed by atoms with Gasteiger partial charge in [0.1, 0.15) is 12.3 Å². The molecule has 2 rings (SSSR count). The number of amides is 4. The van der Waals surface area contributed by atoms with E-state index in [1.807, 2.05) is 0 Å². The van der Waals surface area contributed by atoms with E-state index < -0.39 is 0 Å². The van der Waals surface area contributed by atoms with Gasteiger partial charge >= 0.3 is 12.1 Å². The summed E-state index contributed by atoms with van der Waals surface area (Å²) in [6, 6.07) is -0.113. The number of carbonyl (C=O) groups excluding carboxylic acids is 2. The molecule has 0 spiro atoms. The summed E-state index contributed by atoms with van der Waals surface area (Å²) in [5.74, 6) is 2.22. The third-order valence-electron chi connectivity index (χ3n) is 3.89. The molecule has 126 valence electrons. The Morgan fingerprint density at radius 3 is 1.00 bits per heavy atom. The first kappa shape index (κ1) is 18.3. The fourth-order valence-electron chi connectivity index (χ4n) is 3.11. The molecule has 0 aromatic heterocycles. The molecule has 6 nitrogen and oxygen atoms in total. The molecule has 0 aliphatic carbocycles. The Bertz CT molecular complexity index is 358. The Labute approximate surface area is 153 Å². The lowest BCUT2D eigenvalue weighted by Crippen LogP contribution is -2.48. The second-order valence-corrected chi connectivity index (χ2v) is 6.85. The zero-order chi connectivity index (χ0) is 16.3. The molecule has 0 atom stereocenters. The maximum Gasteiger partial charge on any atom is 0.323 e. The lowest BCUT2D eigenvalue weighted by molar-refractivity contribution is 0.136. The molecule has 22 heavy (non-hydrogen) atoms. The quantitative estimate of drug-likeness (QED) is 0.470. The van der Waals surface area contributed by atoms with Gasteiger partial charge in [-0.1, -0.05) is 0 Å². The highest BCUT2D eigenvalue weighted by Gasteiger charge is 2.58. The topological polar surface area (TPSA) is 47.1 Å². The highest BCUT2D eigenvalue weighted by molar-refractivity contribution is 7.80. The van der Waals surface area contributed by atoms with E-state index in [0.717, 1.165) is 0 Å². The summed E-state index contributed by atoms with van der Waals surface area (Å²) in [5, 5.41) is 0. The number of hydrogen-bond acceptors (Lipinski definition) is 6. The zero-order valence-corrected chi connectivity index (χ0v) is 15.8. The molecule has 2 aliphatic rings. The molecule has 2 fully saturated rings. The fraction of sp³-hybridized carbons (Fsp3) is 0.833. The van der Waals surface area contributed by atoms with Crippen LogP contribution in [0.3, 0.4) is 0 Å². The van der Waals surface area contributed by atoms with Crippen molar-refractivity contribution >= 4 is 62.6 Å². The number of thiol groups is 4. The molecule has 0 aromatic rings. The van der Waals surface area contributed by atoms with Crippen molar-refractivity contribution < 1.29 is 9.59 Å². The van der Waals surface area contributed by atoms with Crippen LogP contribution in [0.5, 0.6) is 0 Å². The molecule has 2 aliphatic heterocycles. The fourth-order valence-corrected chi connectivity index (χ4v) is 3.97. The second-order valence-electron chi connectivity index (χ2n) is 5.06. The van der Waals surface area contributed by atoms with Crippen LogP contribution in [-0.4, -0.2) is 93.2 Å². The van der Waals surface area contributed by atoms with Crippen molar-refractivity contribution in [3.8, 4) is 0 Å². The van der Waals surface area contributed by atoms with E-state index in [2.05, 4.69) is 50.5 Å². The van der Waals surface area contributed by atoms with Gasteiger partial charge in [-0.25, -0.2) is 9.59 Å². The molecule has 10 heteroatoms. The van der Waals surface area contributed by atoms with Crippen molar-refractivity contribution in [1.29, 1.82) is 0 Å². The molecular weight excluding hydrogens is 360 g/mol. The van der Waals surface area contributed by atoms with Crippen LogP contribution in [0.25, 0.3) is 0 Å². The average molecular weight is 383 g/mol. The molecule has 0 N–H and O–H groups in total. The summed E-state index contributed by atoms with van der Waals surface area (Å²) >= 11 is 17.0. The van der Waals surface area contributed by atoms with Crippen LogP contribution in [0.2, 0.25) is 0 Å². The van der Waals surface area contributed by atoms with Gasteiger partial charge in [0, 0.05) is 49.2 Å². The van der Waals surface area contributed by atoms with Gasteiger partial charge in [-0.3, -0.25) is 19.6 Å². The minimum absolute atomic E-state index is 0.0565. The van der Waals surface area contributed by atoms with Crippen LogP contribution < -0.4 is 0 Å². The van der Waals surface area contributed by atoms with Gasteiger partial charge in [0.15, 0.2) is 0 Å². The van der Waals surface area contributed by atoms with Crippen LogP contribution in [0.15, 0.2) is 0 Å². The lowest BCUT2D eigenvalue weighted by Gasteiger charge is -2.29. The highest BCUT2D eigenvalue weighted by Crippen LogP contribution is 2.34. The number of nitrogens with zero attached hydrogens (tertiary/aromatic N) is 4. The first-order chi connectivity index (χ1) is 10.6. The first-order valence-electron chi connectivity index (χ1n) is 7.20. The maximum absolute atomic E-state index is 12.7. The number of rotatable bonds is 8. The van der Waals surface area contributed by atoms with E-state index in [1.54, 1.807) is 19.6 Å². The third-order valence-corrected chi connectivity index (χ3v) is 4.69. The van der Waals surface area contributed by atoms with Gasteiger partial charge in [-0.2, -0.15) is 50.5 Å². The Balaban J connectivity index is 2.36. The van der Waals surface area contributed by atoms with Crippen LogP contribution in [0, 0.1) is 0 Å². The molecule has 2 heterocycles. The Kier molecular flexibility index (Phi) is 6.78. The van der Waals surface area contributed by atoms with E-state index in [9.17, 15) is 9.59 Å². The summed E-state index contributed by atoms with van der Waals surface area (Å²) in [5.41, 5.74) is 0.